The van der Waals surface area contributed by atoms with Gasteiger partial charge >= 0.3 is 0 Å². The third-order valence-electron chi connectivity index (χ3n) is 2.64. The summed E-state index contributed by atoms with van der Waals surface area (Å²) in [5, 5.41) is 4.58. The van der Waals surface area contributed by atoms with E-state index in [4.69, 9.17) is 17.3 Å². The molecule has 4 nitrogen and oxygen atoms in total. The minimum absolute atomic E-state index is 0.0932. The van der Waals surface area contributed by atoms with Gasteiger partial charge < -0.3 is 5.73 Å². The molecule has 1 aromatic carbocycles. The van der Waals surface area contributed by atoms with Gasteiger partial charge in [-0.05, 0) is 30.7 Å². The van der Waals surface area contributed by atoms with E-state index in [1.54, 1.807) is 35.1 Å². The molecular weight excluding hydrogens is 250 g/mol. The van der Waals surface area contributed by atoms with Gasteiger partial charge in [0.1, 0.15) is 5.69 Å². The smallest absolute Gasteiger partial charge is 0.211 e. The standard InChI is InChI=1S/C13H14ClN3O/c1-2-7-17-12(5-6-16-17)13(18)9-3-4-10(14)11(15)8-9/h3-6,8H,2,7,15H2,1H3. The van der Waals surface area contributed by atoms with Crippen molar-refractivity contribution in [1.82, 2.24) is 9.78 Å². The molecule has 0 saturated heterocycles. The Balaban J connectivity index is 2.35. The Kier molecular flexibility index (Phi) is 3.67. The van der Waals surface area contributed by atoms with Gasteiger partial charge in [-0.2, -0.15) is 5.10 Å². The summed E-state index contributed by atoms with van der Waals surface area (Å²) < 4.78 is 1.70. The average molecular weight is 264 g/mol. The minimum atomic E-state index is -0.0932. The van der Waals surface area contributed by atoms with E-state index in [9.17, 15) is 4.79 Å². The zero-order valence-corrected chi connectivity index (χ0v) is 10.8. The number of ketones is 1. The molecule has 2 aromatic rings. The first-order chi connectivity index (χ1) is 8.63. The molecule has 0 saturated carbocycles. The van der Waals surface area contributed by atoms with E-state index in [1.807, 2.05) is 6.92 Å². The number of hydrogen-bond acceptors (Lipinski definition) is 3. The zero-order valence-electron chi connectivity index (χ0n) is 10.1. The Morgan fingerprint density at radius 2 is 2.22 bits per heavy atom. The molecule has 0 atom stereocenters. The molecule has 1 heterocycles. The molecule has 0 spiro atoms. The van der Waals surface area contributed by atoms with Crippen molar-refractivity contribution in [3.63, 3.8) is 0 Å². The van der Waals surface area contributed by atoms with Crippen LogP contribution in [0, 0.1) is 0 Å². The normalized spacial score (nSPS) is 10.6. The summed E-state index contributed by atoms with van der Waals surface area (Å²) in [6.45, 7) is 2.76. The van der Waals surface area contributed by atoms with Crippen molar-refractivity contribution in [2.24, 2.45) is 0 Å². The average Bonchev–Trinajstić information content (AvgIpc) is 2.80. The number of halogens is 1. The summed E-state index contributed by atoms with van der Waals surface area (Å²) in [5.74, 6) is -0.0932. The second kappa shape index (κ2) is 5.23. The van der Waals surface area contributed by atoms with Gasteiger partial charge in [0.25, 0.3) is 0 Å². The summed E-state index contributed by atoms with van der Waals surface area (Å²) in [4.78, 5) is 12.3. The van der Waals surface area contributed by atoms with Gasteiger partial charge in [-0.3, -0.25) is 9.48 Å². The highest BCUT2D eigenvalue weighted by Crippen LogP contribution is 2.21. The van der Waals surface area contributed by atoms with Crippen LogP contribution in [0.15, 0.2) is 30.5 Å². The number of nitrogens with two attached hydrogens (primary N) is 1. The highest BCUT2D eigenvalue weighted by molar-refractivity contribution is 6.33. The summed E-state index contributed by atoms with van der Waals surface area (Å²) in [6, 6.07) is 6.60. The molecule has 0 radical (unpaired) electrons. The van der Waals surface area contributed by atoms with E-state index in [0.29, 0.717) is 22.0 Å². The Hall–Kier alpha value is -1.81. The number of hydrogen-bond donors (Lipinski definition) is 1. The fraction of sp³-hybridized carbons (Fsp3) is 0.231. The van der Waals surface area contributed by atoms with Crippen LogP contribution in [0.25, 0.3) is 0 Å². The van der Waals surface area contributed by atoms with Crippen LogP contribution in [-0.4, -0.2) is 15.6 Å². The van der Waals surface area contributed by atoms with Crippen LogP contribution in [0.1, 0.15) is 29.4 Å². The van der Waals surface area contributed by atoms with Gasteiger partial charge in [0.2, 0.25) is 5.78 Å². The lowest BCUT2D eigenvalue weighted by molar-refractivity contribution is 0.102. The van der Waals surface area contributed by atoms with Crippen LogP contribution in [0.2, 0.25) is 5.02 Å². The predicted molar refractivity (Wildman–Crippen MR) is 71.8 cm³/mol. The SMILES string of the molecule is CCCn1nccc1C(=O)c1ccc(Cl)c(N)c1. The van der Waals surface area contributed by atoms with Crippen molar-refractivity contribution in [2.45, 2.75) is 19.9 Å². The number of aromatic nitrogens is 2. The molecule has 0 amide bonds. The lowest BCUT2D eigenvalue weighted by Gasteiger charge is -2.06. The number of benzene rings is 1. The summed E-state index contributed by atoms with van der Waals surface area (Å²) in [5.41, 5.74) is 7.20. The summed E-state index contributed by atoms with van der Waals surface area (Å²) >= 11 is 5.84. The van der Waals surface area contributed by atoms with Crippen LogP contribution in [0.4, 0.5) is 5.69 Å². The van der Waals surface area contributed by atoms with Crippen LogP contribution in [0.3, 0.4) is 0 Å². The van der Waals surface area contributed by atoms with E-state index in [2.05, 4.69) is 5.10 Å². The van der Waals surface area contributed by atoms with E-state index in [0.717, 1.165) is 13.0 Å². The van der Waals surface area contributed by atoms with Crippen molar-refractivity contribution in [2.75, 3.05) is 5.73 Å². The maximum atomic E-state index is 12.3. The summed E-state index contributed by atoms with van der Waals surface area (Å²) in [6.07, 6.45) is 2.55. The van der Waals surface area contributed by atoms with Gasteiger partial charge in [0.05, 0.1) is 10.7 Å². The molecule has 18 heavy (non-hydrogen) atoms. The lowest BCUT2D eigenvalue weighted by Crippen LogP contribution is -2.11. The Morgan fingerprint density at radius 3 is 2.89 bits per heavy atom. The van der Waals surface area contributed by atoms with Gasteiger partial charge in [-0.15, -0.1) is 0 Å². The molecule has 5 heteroatoms. The minimum Gasteiger partial charge on any atom is -0.398 e. The second-order valence-corrected chi connectivity index (χ2v) is 4.41. The third kappa shape index (κ3) is 2.38. The second-order valence-electron chi connectivity index (χ2n) is 4.01. The molecule has 0 bridgehead atoms. The first kappa shape index (κ1) is 12.6. The van der Waals surface area contributed by atoms with E-state index < -0.39 is 0 Å². The monoisotopic (exact) mass is 263 g/mol. The molecule has 0 aliphatic heterocycles. The highest BCUT2D eigenvalue weighted by Gasteiger charge is 2.14. The Morgan fingerprint density at radius 1 is 1.44 bits per heavy atom. The number of nitrogens with zero attached hydrogens (tertiary/aromatic N) is 2. The molecule has 0 aliphatic carbocycles. The number of anilines is 1. The molecule has 94 valence electrons. The van der Waals surface area contributed by atoms with Crippen molar-refractivity contribution in [3.8, 4) is 0 Å². The van der Waals surface area contributed by atoms with Crippen molar-refractivity contribution in [3.05, 3.63) is 46.7 Å². The largest absolute Gasteiger partial charge is 0.398 e. The van der Waals surface area contributed by atoms with Crippen molar-refractivity contribution < 1.29 is 4.79 Å². The Bertz CT molecular complexity index is 577. The van der Waals surface area contributed by atoms with Crippen molar-refractivity contribution in [1.29, 1.82) is 0 Å². The first-order valence-corrected chi connectivity index (χ1v) is 6.12. The molecule has 0 unspecified atom stereocenters. The highest BCUT2D eigenvalue weighted by atomic mass is 35.5. The van der Waals surface area contributed by atoms with Gasteiger partial charge in [0, 0.05) is 18.3 Å². The van der Waals surface area contributed by atoms with Gasteiger partial charge in [-0.1, -0.05) is 18.5 Å². The van der Waals surface area contributed by atoms with Crippen LogP contribution >= 0.6 is 11.6 Å². The van der Waals surface area contributed by atoms with Crippen LogP contribution in [-0.2, 0) is 6.54 Å². The number of rotatable bonds is 4. The quantitative estimate of drug-likeness (QED) is 0.682. The van der Waals surface area contributed by atoms with Crippen molar-refractivity contribution >= 4 is 23.1 Å². The maximum absolute atomic E-state index is 12.3. The zero-order chi connectivity index (χ0) is 13.1. The molecule has 0 aliphatic rings. The molecule has 0 fully saturated rings. The number of carbonyl (C=O) groups excluding carboxylic acids is 1. The molecule has 1 aromatic heterocycles. The van der Waals surface area contributed by atoms with E-state index in [1.165, 1.54) is 0 Å². The van der Waals surface area contributed by atoms with E-state index >= 15 is 0 Å². The van der Waals surface area contributed by atoms with Gasteiger partial charge in [0.15, 0.2) is 0 Å². The first-order valence-electron chi connectivity index (χ1n) is 5.75. The number of aryl methyl sites for hydroxylation is 1. The van der Waals surface area contributed by atoms with E-state index in [-0.39, 0.29) is 5.78 Å². The fourth-order valence-electron chi connectivity index (χ4n) is 1.75. The molecular formula is C13H14ClN3O. The fourth-order valence-corrected chi connectivity index (χ4v) is 1.87. The maximum Gasteiger partial charge on any atom is 0.211 e. The van der Waals surface area contributed by atoms with Gasteiger partial charge in [-0.25, -0.2) is 0 Å². The Labute approximate surface area is 110 Å². The predicted octanol–water partition coefficient (Wildman–Crippen LogP) is 2.76. The topological polar surface area (TPSA) is 60.9 Å². The summed E-state index contributed by atoms with van der Waals surface area (Å²) in [7, 11) is 0. The van der Waals surface area contributed by atoms with Crippen LogP contribution < -0.4 is 5.73 Å². The molecule has 2 N–H and O–H groups in total. The number of nitrogen functional groups attached to an aromatic ring is 1. The molecule has 2 rings (SSSR count). The van der Waals surface area contributed by atoms with Crippen LogP contribution in [0.5, 0.6) is 0 Å². The third-order valence-corrected chi connectivity index (χ3v) is 2.99. The number of carbonyl (C=O) groups is 1. The lowest BCUT2D eigenvalue weighted by atomic mass is 10.1.